The Hall–Kier alpha value is -0.830. The largest absolute Gasteiger partial charge is 0.314 e. The summed E-state index contributed by atoms with van der Waals surface area (Å²) in [6.45, 7) is 7.65. The SMILES string of the molecule is CCNC(CCc1c(C)nn(C)c1C)CC1CCCCC1. The van der Waals surface area contributed by atoms with Gasteiger partial charge in [0.15, 0.2) is 0 Å². The molecular formula is C18H33N3. The van der Waals surface area contributed by atoms with E-state index in [1.807, 2.05) is 4.68 Å². The van der Waals surface area contributed by atoms with Gasteiger partial charge in [-0.25, -0.2) is 0 Å². The molecule has 0 spiro atoms. The highest BCUT2D eigenvalue weighted by atomic mass is 15.3. The fourth-order valence-corrected chi connectivity index (χ4v) is 3.91. The van der Waals surface area contributed by atoms with Gasteiger partial charge in [-0.05, 0) is 51.1 Å². The Bertz CT molecular complexity index is 430. The summed E-state index contributed by atoms with van der Waals surface area (Å²) in [6, 6.07) is 0.678. The van der Waals surface area contributed by atoms with E-state index in [0.29, 0.717) is 6.04 Å². The monoisotopic (exact) mass is 291 g/mol. The summed E-state index contributed by atoms with van der Waals surface area (Å²) in [5.41, 5.74) is 4.01. The van der Waals surface area contributed by atoms with Gasteiger partial charge < -0.3 is 5.32 Å². The number of aromatic nitrogens is 2. The minimum atomic E-state index is 0.678. The zero-order valence-electron chi connectivity index (χ0n) is 14.4. The van der Waals surface area contributed by atoms with Gasteiger partial charge in [-0.15, -0.1) is 0 Å². The molecular weight excluding hydrogens is 258 g/mol. The Labute approximate surface area is 130 Å². The molecule has 1 atom stereocenters. The van der Waals surface area contributed by atoms with Gasteiger partial charge >= 0.3 is 0 Å². The number of aryl methyl sites for hydroxylation is 2. The van der Waals surface area contributed by atoms with Crippen LogP contribution >= 0.6 is 0 Å². The van der Waals surface area contributed by atoms with Crippen molar-refractivity contribution in [3.63, 3.8) is 0 Å². The van der Waals surface area contributed by atoms with Crippen LogP contribution in [0.25, 0.3) is 0 Å². The molecule has 3 heteroatoms. The zero-order chi connectivity index (χ0) is 15.2. The second-order valence-corrected chi connectivity index (χ2v) is 6.81. The summed E-state index contributed by atoms with van der Waals surface area (Å²) in [7, 11) is 2.05. The molecule has 1 aromatic heterocycles. The average Bonchev–Trinajstić information content (AvgIpc) is 2.71. The summed E-state index contributed by atoms with van der Waals surface area (Å²) >= 11 is 0. The van der Waals surface area contributed by atoms with E-state index < -0.39 is 0 Å². The second-order valence-electron chi connectivity index (χ2n) is 6.81. The Balaban J connectivity index is 1.89. The molecule has 0 radical (unpaired) electrons. The highest BCUT2D eigenvalue weighted by Gasteiger charge is 2.19. The number of hydrogen-bond acceptors (Lipinski definition) is 2. The van der Waals surface area contributed by atoms with Crippen LogP contribution in [0.15, 0.2) is 0 Å². The number of rotatable bonds is 7. The first-order chi connectivity index (χ1) is 10.1. The van der Waals surface area contributed by atoms with Crippen molar-refractivity contribution in [1.29, 1.82) is 0 Å². The van der Waals surface area contributed by atoms with Crippen LogP contribution in [0.5, 0.6) is 0 Å². The van der Waals surface area contributed by atoms with Crippen LogP contribution in [0.1, 0.15) is 68.8 Å². The van der Waals surface area contributed by atoms with Crippen molar-refractivity contribution in [1.82, 2.24) is 15.1 Å². The molecule has 0 aromatic carbocycles. The fraction of sp³-hybridized carbons (Fsp3) is 0.833. The molecule has 1 fully saturated rings. The van der Waals surface area contributed by atoms with E-state index in [1.165, 1.54) is 61.9 Å². The van der Waals surface area contributed by atoms with Crippen molar-refractivity contribution in [3.8, 4) is 0 Å². The highest BCUT2D eigenvalue weighted by Crippen LogP contribution is 2.28. The predicted octanol–water partition coefficient (Wildman–Crippen LogP) is 3.92. The topological polar surface area (TPSA) is 29.9 Å². The van der Waals surface area contributed by atoms with Crippen molar-refractivity contribution in [2.24, 2.45) is 13.0 Å². The Kier molecular flexibility index (Phi) is 6.28. The molecule has 1 aliphatic carbocycles. The van der Waals surface area contributed by atoms with Crippen molar-refractivity contribution < 1.29 is 0 Å². The Morgan fingerprint density at radius 2 is 1.95 bits per heavy atom. The summed E-state index contributed by atoms with van der Waals surface area (Å²) in [5, 5.41) is 8.27. The molecule has 0 amide bonds. The van der Waals surface area contributed by atoms with Crippen LogP contribution in [0.4, 0.5) is 0 Å². The predicted molar refractivity (Wildman–Crippen MR) is 89.7 cm³/mol. The number of nitrogens with one attached hydrogen (secondary N) is 1. The Morgan fingerprint density at radius 3 is 2.52 bits per heavy atom. The van der Waals surface area contributed by atoms with Crippen molar-refractivity contribution >= 4 is 0 Å². The quantitative estimate of drug-likeness (QED) is 0.825. The van der Waals surface area contributed by atoms with E-state index in [1.54, 1.807) is 0 Å². The van der Waals surface area contributed by atoms with E-state index in [0.717, 1.165) is 18.9 Å². The van der Waals surface area contributed by atoms with E-state index in [9.17, 15) is 0 Å². The maximum Gasteiger partial charge on any atom is 0.0628 e. The van der Waals surface area contributed by atoms with E-state index in [4.69, 9.17) is 0 Å². The Morgan fingerprint density at radius 1 is 1.24 bits per heavy atom. The van der Waals surface area contributed by atoms with E-state index >= 15 is 0 Å². The molecule has 0 bridgehead atoms. The zero-order valence-corrected chi connectivity index (χ0v) is 14.4. The average molecular weight is 291 g/mol. The van der Waals surface area contributed by atoms with E-state index in [2.05, 4.69) is 38.2 Å². The molecule has 0 saturated heterocycles. The molecule has 120 valence electrons. The van der Waals surface area contributed by atoms with Gasteiger partial charge in [-0.2, -0.15) is 5.10 Å². The normalized spacial score (nSPS) is 18.1. The lowest BCUT2D eigenvalue weighted by Crippen LogP contribution is -2.32. The van der Waals surface area contributed by atoms with Crippen molar-refractivity contribution in [3.05, 3.63) is 17.0 Å². The molecule has 1 N–H and O–H groups in total. The standard InChI is InChI=1S/C18H33N3/c1-5-19-17(13-16-9-7-6-8-10-16)11-12-18-14(2)20-21(4)15(18)3/h16-17,19H,5-13H2,1-4H3. The summed E-state index contributed by atoms with van der Waals surface area (Å²) < 4.78 is 2.02. The molecule has 3 nitrogen and oxygen atoms in total. The molecule has 21 heavy (non-hydrogen) atoms. The lowest BCUT2D eigenvalue weighted by Gasteiger charge is -2.27. The van der Waals surface area contributed by atoms with Crippen LogP contribution in [0, 0.1) is 19.8 Å². The van der Waals surface area contributed by atoms with Crippen LogP contribution < -0.4 is 5.32 Å². The second kappa shape index (κ2) is 7.98. The molecule has 2 rings (SSSR count). The van der Waals surface area contributed by atoms with Crippen LogP contribution in [-0.2, 0) is 13.5 Å². The molecule has 1 saturated carbocycles. The third-order valence-corrected chi connectivity index (χ3v) is 5.24. The smallest absolute Gasteiger partial charge is 0.0628 e. The van der Waals surface area contributed by atoms with Gasteiger partial charge in [0.2, 0.25) is 0 Å². The summed E-state index contributed by atoms with van der Waals surface area (Å²) in [6.07, 6.45) is 11.0. The first-order valence-corrected chi connectivity index (χ1v) is 8.84. The molecule has 1 aromatic rings. The lowest BCUT2D eigenvalue weighted by atomic mass is 9.83. The molecule has 1 unspecified atom stereocenters. The third-order valence-electron chi connectivity index (χ3n) is 5.24. The van der Waals surface area contributed by atoms with Gasteiger partial charge in [0.1, 0.15) is 0 Å². The first-order valence-electron chi connectivity index (χ1n) is 8.84. The van der Waals surface area contributed by atoms with E-state index in [-0.39, 0.29) is 0 Å². The minimum Gasteiger partial charge on any atom is -0.314 e. The lowest BCUT2D eigenvalue weighted by molar-refractivity contribution is 0.292. The highest BCUT2D eigenvalue weighted by molar-refractivity contribution is 5.24. The fourth-order valence-electron chi connectivity index (χ4n) is 3.91. The van der Waals surface area contributed by atoms with Crippen molar-refractivity contribution in [2.75, 3.05) is 6.54 Å². The van der Waals surface area contributed by atoms with Gasteiger partial charge in [0.05, 0.1) is 5.69 Å². The summed E-state index contributed by atoms with van der Waals surface area (Å²) in [4.78, 5) is 0. The number of hydrogen-bond donors (Lipinski definition) is 1. The van der Waals surface area contributed by atoms with Crippen LogP contribution in [0.3, 0.4) is 0 Å². The van der Waals surface area contributed by atoms with Gasteiger partial charge in [-0.3, -0.25) is 4.68 Å². The summed E-state index contributed by atoms with van der Waals surface area (Å²) in [5.74, 6) is 0.957. The minimum absolute atomic E-state index is 0.678. The van der Waals surface area contributed by atoms with Gasteiger partial charge in [0.25, 0.3) is 0 Å². The number of nitrogens with zero attached hydrogens (tertiary/aromatic N) is 2. The van der Waals surface area contributed by atoms with Gasteiger partial charge in [0, 0.05) is 18.8 Å². The van der Waals surface area contributed by atoms with Crippen LogP contribution in [0.2, 0.25) is 0 Å². The maximum atomic E-state index is 4.55. The first kappa shape index (κ1) is 16.5. The molecule has 0 aliphatic heterocycles. The van der Waals surface area contributed by atoms with Gasteiger partial charge in [-0.1, -0.05) is 39.0 Å². The molecule has 1 aliphatic rings. The van der Waals surface area contributed by atoms with Crippen LogP contribution in [-0.4, -0.2) is 22.4 Å². The van der Waals surface area contributed by atoms with Crippen molar-refractivity contribution in [2.45, 2.75) is 78.2 Å². The maximum absolute atomic E-state index is 4.55. The molecule has 1 heterocycles. The third kappa shape index (κ3) is 4.57.